The SMILES string of the molecule is NN1CCC(c2ccccc2Cl)CC1. The number of hydrogen-bond acceptors (Lipinski definition) is 2. The topological polar surface area (TPSA) is 29.3 Å². The molecule has 14 heavy (non-hydrogen) atoms. The average molecular weight is 211 g/mol. The van der Waals surface area contributed by atoms with Gasteiger partial charge in [0.05, 0.1) is 0 Å². The Balaban J connectivity index is 2.12. The molecule has 1 fully saturated rings. The van der Waals surface area contributed by atoms with Gasteiger partial charge in [-0.25, -0.2) is 5.01 Å². The molecule has 0 aromatic heterocycles. The summed E-state index contributed by atoms with van der Waals surface area (Å²) < 4.78 is 0. The molecule has 0 bridgehead atoms. The summed E-state index contributed by atoms with van der Waals surface area (Å²) in [5, 5.41) is 2.77. The molecule has 76 valence electrons. The summed E-state index contributed by atoms with van der Waals surface area (Å²) in [6.45, 7) is 1.94. The number of benzene rings is 1. The molecule has 2 nitrogen and oxygen atoms in total. The lowest BCUT2D eigenvalue weighted by atomic mass is 9.90. The van der Waals surface area contributed by atoms with E-state index >= 15 is 0 Å². The highest BCUT2D eigenvalue weighted by molar-refractivity contribution is 6.31. The van der Waals surface area contributed by atoms with E-state index in [1.165, 1.54) is 5.56 Å². The largest absolute Gasteiger partial charge is 0.269 e. The summed E-state index contributed by atoms with van der Waals surface area (Å²) in [6.07, 6.45) is 2.22. The Morgan fingerprint density at radius 3 is 2.50 bits per heavy atom. The first-order chi connectivity index (χ1) is 6.77. The van der Waals surface area contributed by atoms with Gasteiger partial charge in [-0.15, -0.1) is 0 Å². The van der Waals surface area contributed by atoms with Gasteiger partial charge in [0.1, 0.15) is 0 Å². The second-order valence-corrected chi connectivity index (χ2v) is 4.24. The van der Waals surface area contributed by atoms with Gasteiger partial charge in [-0.3, -0.25) is 5.84 Å². The number of rotatable bonds is 1. The zero-order valence-electron chi connectivity index (χ0n) is 8.12. The lowest BCUT2D eigenvalue weighted by Gasteiger charge is -2.29. The van der Waals surface area contributed by atoms with Gasteiger partial charge in [-0.2, -0.15) is 0 Å². The van der Waals surface area contributed by atoms with Gasteiger partial charge in [0, 0.05) is 18.1 Å². The molecule has 1 heterocycles. The Morgan fingerprint density at radius 1 is 1.21 bits per heavy atom. The third kappa shape index (κ3) is 2.08. The highest BCUT2D eigenvalue weighted by Crippen LogP contribution is 2.31. The van der Waals surface area contributed by atoms with Crippen LogP contribution < -0.4 is 5.84 Å². The van der Waals surface area contributed by atoms with Crippen molar-refractivity contribution in [2.45, 2.75) is 18.8 Å². The van der Waals surface area contributed by atoms with Crippen LogP contribution in [0.15, 0.2) is 24.3 Å². The van der Waals surface area contributed by atoms with Crippen molar-refractivity contribution in [3.05, 3.63) is 34.9 Å². The van der Waals surface area contributed by atoms with Crippen LogP contribution in [0.5, 0.6) is 0 Å². The zero-order chi connectivity index (χ0) is 9.97. The molecule has 0 aliphatic carbocycles. The molecular weight excluding hydrogens is 196 g/mol. The second-order valence-electron chi connectivity index (χ2n) is 3.83. The Bertz CT molecular complexity index is 306. The average Bonchev–Trinajstić information content (AvgIpc) is 2.20. The fraction of sp³-hybridized carbons (Fsp3) is 0.455. The molecule has 1 saturated heterocycles. The van der Waals surface area contributed by atoms with Crippen LogP contribution in [0.1, 0.15) is 24.3 Å². The summed E-state index contributed by atoms with van der Waals surface area (Å²) in [5.41, 5.74) is 1.28. The normalized spacial score (nSPS) is 19.9. The second kappa shape index (κ2) is 4.30. The number of nitrogens with zero attached hydrogens (tertiary/aromatic N) is 1. The number of halogens is 1. The molecule has 0 amide bonds. The number of piperidine rings is 1. The van der Waals surface area contributed by atoms with E-state index in [-0.39, 0.29) is 0 Å². The minimum atomic E-state index is 0.587. The van der Waals surface area contributed by atoms with E-state index in [2.05, 4.69) is 12.1 Å². The van der Waals surface area contributed by atoms with Crippen LogP contribution in [0.3, 0.4) is 0 Å². The highest BCUT2D eigenvalue weighted by Gasteiger charge is 2.19. The van der Waals surface area contributed by atoms with Gasteiger partial charge in [-0.1, -0.05) is 29.8 Å². The Kier molecular flexibility index (Phi) is 3.06. The van der Waals surface area contributed by atoms with Crippen molar-refractivity contribution in [1.82, 2.24) is 5.01 Å². The van der Waals surface area contributed by atoms with Crippen LogP contribution in [-0.4, -0.2) is 18.1 Å². The number of nitrogens with two attached hydrogens (primary N) is 1. The standard InChI is InChI=1S/C11H15ClN2/c12-11-4-2-1-3-10(11)9-5-7-14(13)8-6-9/h1-4,9H,5-8,13H2. The van der Waals surface area contributed by atoms with Gasteiger partial charge in [0.25, 0.3) is 0 Å². The predicted molar refractivity (Wildman–Crippen MR) is 59.2 cm³/mol. The molecule has 2 rings (SSSR count). The molecule has 3 heteroatoms. The predicted octanol–water partition coefficient (Wildman–Crippen LogP) is 2.39. The molecule has 0 saturated carbocycles. The number of hydrogen-bond donors (Lipinski definition) is 1. The third-order valence-electron chi connectivity index (χ3n) is 2.87. The summed E-state index contributed by atoms with van der Waals surface area (Å²) in [6, 6.07) is 8.12. The van der Waals surface area contributed by atoms with E-state index in [0.29, 0.717) is 5.92 Å². The lowest BCUT2D eigenvalue weighted by molar-refractivity contribution is 0.217. The molecule has 0 atom stereocenters. The van der Waals surface area contributed by atoms with E-state index in [9.17, 15) is 0 Å². The zero-order valence-corrected chi connectivity index (χ0v) is 8.87. The molecule has 0 radical (unpaired) electrons. The van der Waals surface area contributed by atoms with E-state index in [1.807, 2.05) is 17.1 Å². The summed E-state index contributed by atoms with van der Waals surface area (Å²) in [7, 11) is 0. The van der Waals surface area contributed by atoms with Gasteiger partial charge in [0.2, 0.25) is 0 Å². The van der Waals surface area contributed by atoms with Crippen molar-refractivity contribution in [2.75, 3.05) is 13.1 Å². The fourth-order valence-electron chi connectivity index (χ4n) is 2.02. The van der Waals surface area contributed by atoms with Crippen molar-refractivity contribution in [3.63, 3.8) is 0 Å². The monoisotopic (exact) mass is 210 g/mol. The van der Waals surface area contributed by atoms with Crippen LogP contribution in [0.25, 0.3) is 0 Å². The van der Waals surface area contributed by atoms with Gasteiger partial charge < -0.3 is 0 Å². The maximum atomic E-state index is 6.15. The Labute approximate surface area is 89.6 Å². The van der Waals surface area contributed by atoms with Crippen molar-refractivity contribution < 1.29 is 0 Å². The Hall–Kier alpha value is -0.570. The minimum absolute atomic E-state index is 0.587. The molecule has 1 aliphatic heterocycles. The van der Waals surface area contributed by atoms with Crippen molar-refractivity contribution in [1.29, 1.82) is 0 Å². The van der Waals surface area contributed by atoms with E-state index < -0.39 is 0 Å². The molecule has 1 aromatic rings. The van der Waals surface area contributed by atoms with Gasteiger partial charge >= 0.3 is 0 Å². The molecule has 1 aromatic carbocycles. The lowest BCUT2D eigenvalue weighted by Crippen LogP contribution is -2.38. The van der Waals surface area contributed by atoms with Crippen LogP contribution >= 0.6 is 11.6 Å². The van der Waals surface area contributed by atoms with Crippen LogP contribution in [0.4, 0.5) is 0 Å². The fourth-order valence-corrected chi connectivity index (χ4v) is 2.31. The molecular formula is C11H15ClN2. The van der Waals surface area contributed by atoms with Gasteiger partial charge in [0.15, 0.2) is 0 Å². The molecule has 2 N–H and O–H groups in total. The third-order valence-corrected chi connectivity index (χ3v) is 3.22. The van der Waals surface area contributed by atoms with E-state index in [4.69, 9.17) is 17.4 Å². The first-order valence-corrected chi connectivity index (χ1v) is 5.39. The van der Waals surface area contributed by atoms with Crippen molar-refractivity contribution in [3.8, 4) is 0 Å². The van der Waals surface area contributed by atoms with E-state index in [0.717, 1.165) is 31.0 Å². The van der Waals surface area contributed by atoms with Crippen LogP contribution in [0.2, 0.25) is 5.02 Å². The van der Waals surface area contributed by atoms with Crippen LogP contribution in [-0.2, 0) is 0 Å². The molecule has 1 aliphatic rings. The number of hydrazine groups is 1. The smallest absolute Gasteiger partial charge is 0.0440 e. The maximum absolute atomic E-state index is 6.15. The summed E-state index contributed by atoms with van der Waals surface area (Å²) in [4.78, 5) is 0. The highest BCUT2D eigenvalue weighted by atomic mass is 35.5. The first kappa shape index (κ1) is 9.97. The quantitative estimate of drug-likeness (QED) is 0.722. The Morgan fingerprint density at radius 2 is 1.86 bits per heavy atom. The van der Waals surface area contributed by atoms with Crippen molar-refractivity contribution >= 4 is 11.6 Å². The molecule has 0 unspecified atom stereocenters. The summed E-state index contributed by atoms with van der Waals surface area (Å²) >= 11 is 6.15. The minimum Gasteiger partial charge on any atom is -0.269 e. The van der Waals surface area contributed by atoms with Gasteiger partial charge in [-0.05, 0) is 30.4 Å². The van der Waals surface area contributed by atoms with Crippen molar-refractivity contribution in [2.24, 2.45) is 5.84 Å². The maximum Gasteiger partial charge on any atom is 0.0440 e. The first-order valence-electron chi connectivity index (χ1n) is 5.01. The van der Waals surface area contributed by atoms with E-state index in [1.54, 1.807) is 0 Å². The summed E-state index contributed by atoms with van der Waals surface area (Å²) in [5.74, 6) is 6.30. The molecule has 0 spiro atoms. The van der Waals surface area contributed by atoms with Crippen LogP contribution in [0, 0.1) is 0 Å².